The number of halogens is 5. The zero-order valence-corrected chi connectivity index (χ0v) is 25.7. The van der Waals surface area contributed by atoms with Crippen molar-refractivity contribution in [3.05, 3.63) is 54.1 Å². The highest BCUT2D eigenvalue weighted by atomic mass is 32.5. The van der Waals surface area contributed by atoms with Gasteiger partial charge in [-0.1, -0.05) is 55.8 Å². The molecule has 0 unspecified atom stereocenters. The first-order valence-electron chi connectivity index (χ1n) is 13.3. The Bertz CT molecular complexity index is 1350. The van der Waals surface area contributed by atoms with E-state index in [-0.39, 0.29) is 18.5 Å². The molecule has 0 radical (unpaired) electrons. The lowest BCUT2D eigenvalue weighted by Gasteiger charge is -2.40. The van der Waals surface area contributed by atoms with E-state index in [4.69, 9.17) is 18.9 Å². The molecular weight excluding hydrogens is 601 g/mol. The predicted octanol–water partition coefficient (Wildman–Crippen LogP) is 8.42. The normalized spacial score (nSPS) is 20.9. The molecule has 3 rings (SSSR count). The Kier molecular flexibility index (Phi) is 8.58. The molecular formula is C29H36F5NO7S. The predicted molar refractivity (Wildman–Crippen MR) is 150 cm³/mol. The van der Waals surface area contributed by atoms with Gasteiger partial charge < -0.3 is 18.9 Å². The van der Waals surface area contributed by atoms with Gasteiger partial charge in [-0.2, -0.15) is 0 Å². The van der Waals surface area contributed by atoms with Crippen LogP contribution < -0.4 is 0 Å². The monoisotopic (exact) mass is 637 g/mol. The SMILES string of the molecule is CC(=O)O[C@@H]1[C@@H](OC(=O)OC(C)(C)C)CN(C(=O)OC(C)(C)C)[C@@H]1Cc1ccc(-c2ccc(S(F)(F)(F)(F)F)cc2)cc1. The molecule has 1 amide bonds. The van der Waals surface area contributed by atoms with E-state index in [0.29, 0.717) is 23.3 Å². The van der Waals surface area contributed by atoms with Crippen molar-refractivity contribution in [1.82, 2.24) is 4.90 Å². The third-order valence-electron chi connectivity index (χ3n) is 6.12. The quantitative estimate of drug-likeness (QED) is 0.178. The topological polar surface area (TPSA) is 91.4 Å². The van der Waals surface area contributed by atoms with Gasteiger partial charge in [-0.25, -0.2) is 9.59 Å². The van der Waals surface area contributed by atoms with E-state index in [2.05, 4.69) is 0 Å². The molecule has 1 heterocycles. The summed E-state index contributed by atoms with van der Waals surface area (Å²) in [5.74, 6) is -0.677. The third-order valence-corrected chi connectivity index (χ3v) is 7.28. The average molecular weight is 638 g/mol. The second-order valence-corrected chi connectivity index (χ2v) is 14.7. The second kappa shape index (κ2) is 10.9. The van der Waals surface area contributed by atoms with Gasteiger partial charge in [0.1, 0.15) is 16.1 Å². The fourth-order valence-electron chi connectivity index (χ4n) is 4.44. The molecule has 8 nitrogen and oxygen atoms in total. The largest absolute Gasteiger partial charge is 0.509 e. The van der Waals surface area contributed by atoms with Gasteiger partial charge in [0.15, 0.2) is 12.2 Å². The van der Waals surface area contributed by atoms with Crippen LogP contribution in [0.1, 0.15) is 54.0 Å². The molecule has 2 aromatic carbocycles. The maximum Gasteiger partial charge on any atom is 0.509 e. The molecule has 1 aliphatic rings. The van der Waals surface area contributed by atoms with Crippen LogP contribution in [0, 0.1) is 0 Å². The van der Waals surface area contributed by atoms with Crippen LogP contribution in [0.5, 0.6) is 0 Å². The third kappa shape index (κ3) is 9.73. The molecule has 0 aromatic heterocycles. The highest BCUT2D eigenvalue weighted by Gasteiger charge is 2.65. The first kappa shape index (κ1) is 33.9. The molecule has 3 atom stereocenters. The number of amides is 1. The highest BCUT2D eigenvalue weighted by Crippen LogP contribution is 3.02. The molecule has 14 heteroatoms. The van der Waals surface area contributed by atoms with Gasteiger partial charge in [0.05, 0.1) is 12.6 Å². The van der Waals surface area contributed by atoms with Crippen LogP contribution >= 0.6 is 10.2 Å². The summed E-state index contributed by atoms with van der Waals surface area (Å²) in [6.45, 7) is 11.0. The smallest absolute Gasteiger partial charge is 0.456 e. The Labute approximate surface area is 247 Å². The maximum atomic E-state index is 13.2. The zero-order valence-electron chi connectivity index (χ0n) is 24.9. The van der Waals surface area contributed by atoms with Gasteiger partial charge in [0.25, 0.3) is 0 Å². The molecule has 1 fully saturated rings. The summed E-state index contributed by atoms with van der Waals surface area (Å²) in [7, 11) is -9.80. The molecule has 0 aliphatic carbocycles. The lowest BCUT2D eigenvalue weighted by atomic mass is 9.98. The fraction of sp³-hybridized carbons (Fsp3) is 0.483. The number of ether oxygens (including phenoxy) is 4. The second-order valence-electron chi connectivity index (χ2n) is 12.3. The van der Waals surface area contributed by atoms with Crippen molar-refractivity contribution in [1.29, 1.82) is 0 Å². The first-order valence-corrected chi connectivity index (χ1v) is 15.3. The number of hydrogen-bond donors (Lipinski definition) is 0. The fourth-order valence-corrected chi connectivity index (χ4v) is 5.09. The summed E-state index contributed by atoms with van der Waals surface area (Å²) in [5, 5.41) is 0. The Balaban J connectivity index is 1.90. The van der Waals surface area contributed by atoms with Crippen molar-refractivity contribution in [3.63, 3.8) is 0 Å². The Morgan fingerprint density at radius 3 is 1.72 bits per heavy atom. The summed E-state index contributed by atoms with van der Waals surface area (Å²) in [4.78, 5) is 37.0. The molecule has 240 valence electrons. The van der Waals surface area contributed by atoms with Crippen LogP contribution in [0.3, 0.4) is 0 Å². The minimum atomic E-state index is -9.80. The lowest BCUT2D eigenvalue weighted by molar-refractivity contribution is -0.153. The first-order chi connectivity index (χ1) is 19.3. The summed E-state index contributed by atoms with van der Waals surface area (Å²) < 4.78 is 87.2. The van der Waals surface area contributed by atoms with E-state index in [1.54, 1.807) is 65.8 Å². The summed E-state index contributed by atoms with van der Waals surface area (Å²) in [6, 6.07) is 8.18. The van der Waals surface area contributed by atoms with Crippen LogP contribution in [-0.4, -0.2) is 59.1 Å². The van der Waals surface area contributed by atoms with Crippen molar-refractivity contribution < 1.29 is 52.8 Å². The Morgan fingerprint density at radius 1 is 0.791 bits per heavy atom. The zero-order chi connectivity index (χ0) is 32.7. The van der Waals surface area contributed by atoms with Crippen molar-refractivity contribution in [2.24, 2.45) is 0 Å². The average Bonchev–Trinajstić information content (AvgIpc) is 3.12. The van der Waals surface area contributed by atoms with E-state index >= 15 is 0 Å². The van der Waals surface area contributed by atoms with Gasteiger partial charge in [0.2, 0.25) is 0 Å². The number of hydrogen-bond acceptors (Lipinski definition) is 7. The molecule has 0 spiro atoms. The number of rotatable bonds is 6. The van der Waals surface area contributed by atoms with E-state index in [1.807, 2.05) is 0 Å². The van der Waals surface area contributed by atoms with Gasteiger partial charge in [-0.15, -0.1) is 0 Å². The van der Waals surface area contributed by atoms with Crippen LogP contribution in [-0.2, 0) is 30.2 Å². The van der Waals surface area contributed by atoms with Gasteiger partial charge in [-0.05, 0) is 76.8 Å². The van der Waals surface area contributed by atoms with Crippen molar-refractivity contribution in [2.45, 2.75) is 89.2 Å². The van der Waals surface area contributed by atoms with Crippen molar-refractivity contribution in [3.8, 4) is 11.1 Å². The lowest BCUT2D eigenvalue weighted by Crippen LogP contribution is -2.45. The molecule has 43 heavy (non-hydrogen) atoms. The van der Waals surface area contributed by atoms with E-state index in [0.717, 1.165) is 12.1 Å². The molecule has 0 bridgehead atoms. The number of benzene rings is 2. The molecule has 1 aliphatic heterocycles. The van der Waals surface area contributed by atoms with Crippen molar-refractivity contribution >= 4 is 28.4 Å². The standard InChI is InChI=1S/C29H36F5NO7S/c1-18(36)39-25-23(35(26(37)41-28(2,3)4)17-24(25)40-27(38)42-29(5,6)7)16-19-8-10-20(11-9-19)21-12-14-22(15-13-21)43(30,31,32,33)34/h8-15,23-25H,16-17H2,1-7H3/t23-,24+,25+/m1/s1. The summed E-state index contributed by atoms with van der Waals surface area (Å²) in [6.07, 6.45) is -3.81. The van der Waals surface area contributed by atoms with Crippen LogP contribution in [0.15, 0.2) is 53.4 Å². The molecule has 2 aromatic rings. The molecule has 0 saturated carbocycles. The summed E-state index contributed by atoms with van der Waals surface area (Å²) in [5.41, 5.74) is -0.375. The van der Waals surface area contributed by atoms with Gasteiger partial charge in [-0.3, -0.25) is 9.69 Å². The van der Waals surface area contributed by atoms with E-state index in [9.17, 15) is 33.8 Å². The van der Waals surface area contributed by atoms with Gasteiger partial charge in [0, 0.05) is 6.92 Å². The Morgan fingerprint density at radius 2 is 1.28 bits per heavy atom. The van der Waals surface area contributed by atoms with E-state index in [1.165, 1.54) is 11.8 Å². The minimum Gasteiger partial charge on any atom is -0.456 e. The Hall–Kier alpha value is -3.55. The van der Waals surface area contributed by atoms with Crippen molar-refractivity contribution in [2.75, 3.05) is 6.54 Å². The summed E-state index contributed by atoms with van der Waals surface area (Å²) >= 11 is 0. The molecule has 0 N–H and O–H groups in total. The number of carbonyl (C=O) groups excluding carboxylic acids is 3. The number of nitrogens with zero attached hydrogens (tertiary/aromatic N) is 1. The van der Waals surface area contributed by atoms with Crippen LogP contribution in [0.25, 0.3) is 11.1 Å². The number of esters is 1. The maximum absolute atomic E-state index is 13.2. The minimum absolute atomic E-state index is 0.106. The van der Waals surface area contributed by atoms with Crippen LogP contribution in [0.4, 0.5) is 29.0 Å². The van der Waals surface area contributed by atoms with Gasteiger partial charge >= 0.3 is 28.4 Å². The van der Waals surface area contributed by atoms with E-state index < -0.39 is 62.8 Å². The molecule has 1 saturated heterocycles. The highest BCUT2D eigenvalue weighted by molar-refractivity contribution is 8.45. The van der Waals surface area contributed by atoms with Crippen LogP contribution in [0.2, 0.25) is 0 Å². The number of likely N-dealkylation sites (tertiary alicyclic amines) is 1. The number of carbonyl (C=O) groups is 3.